The van der Waals surface area contributed by atoms with Gasteiger partial charge in [-0.15, -0.1) is 0 Å². The highest BCUT2D eigenvalue weighted by atomic mass is 35.5. The number of nitrogens with zero attached hydrogens (tertiary/aromatic N) is 3. The summed E-state index contributed by atoms with van der Waals surface area (Å²) in [7, 11) is 0. The van der Waals surface area contributed by atoms with E-state index in [-0.39, 0.29) is 35.7 Å². The molecule has 0 saturated carbocycles. The molecule has 6 rings (SSSR count). The number of aromatic nitrogens is 2. The van der Waals surface area contributed by atoms with Gasteiger partial charge in [-0.2, -0.15) is 0 Å². The van der Waals surface area contributed by atoms with Gasteiger partial charge in [-0.05, 0) is 23.6 Å². The zero-order valence-electron chi connectivity index (χ0n) is 19.3. The summed E-state index contributed by atoms with van der Waals surface area (Å²) in [6.45, 7) is 2.94. The lowest BCUT2D eigenvalue weighted by atomic mass is 9.98. The Morgan fingerprint density at radius 2 is 2.06 bits per heavy atom. The average Bonchev–Trinajstić information content (AvgIpc) is 3.40. The van der Waals surface area contributed by atoms with Crippen molar-refractivity contribution < 1.29 is 19.0 Å². The van der Waals surface area contributed by atoms with Gasteiger partial charge in [0.05, 0.1) is 22.3 Å². The lowest BCUT2D eigenvalue weighted by Gasteiger charge is -2.21. The molecule has 3 unspecified atom stereocenters. The van der Waals surface area contributed by atoms with Gasteiger partial charge in [-0.3, -0.25) is 14.5 Å². The number of carbonyl (C=O) groups excluding carboxylic acids is 1. The number of halogens is 2. The number of ether oxygens (including phenoxy) is 1. The number of aliphatic hydroxyl groups excluding tert-OH is 1. The topological polar surface area (TPSA) is 109 Å². The predicted molar refractivity (Wildman–Crippen MR) is 132 cm³/mol. The molecule has 3 aliphatic rings. The molecule has 1 aromatic carbocycles. The number of aliphatic hydroxyl groups is 1. The highest BCUT2D eigenvalue weighted by Crippen LogP contribution is 2.36. The minimum atomic E-state index is -0.538. The summed E-state index contributed by atoms with van der Waals surface area (Å²) in [6, 6.07) is 8.08. The molecule has 0 radical (unpaired) electrons. The van der Waals surface area contributed by atoms with Crippen LogP contribution < -0.4 is 20.9 Å². The molecule has 0 spiro atoms. The molecule has 1 amide bonds. The quantitative estimate of drug-likeness (QED) is 0.460. The Morgan fingerprint density at radius 3 is 2.92 bits per heavy atom. The molecular formula is C25H25ClFN5O4. The van der Waals surface area contributed by atoms with E-state index in [1.165, 1.54) is 12.1 Å². The van der Waals surface area contributed by atoms with Gasteiger partial charge >= 0.3 is 0 Å². The third kappa shape index (κ3) is 4.13. The van der Waals surface area contributed by atoms with Crippen LogP contribution in [0.1, 0.15) is 17.2 Å². The minimum Gasteiger partial charge on any atom is -0.480 e. The maximum Gasteiger partial charge on any atom is 0.263 e. The fourth-order valence-electron chi connectivity index (χ4n) is 5.55. The highest BCUT2D eigenvalue weighted by Gasteiger charge is 2.35. The predicted octanol–water partition coefficient (Wildman–Crippen LogP) is 1.70. The molecular weight excluding hydrogens is 489 g/mol. The summed E-state index contributed by atoms with van der Waals surface area (Å²) in [5, 5.41) is 17.9. The number of likely N-dealkylation sites (tertiary alicyclic amines) is 1. The molecule has 0 aliphatic carbocycles. The van der Waals surface area contributed by atoms with E-state index < -0.39 is 6.10 Å². The van der Waals surface area contributed by atoms with Crippen molar-refractivity contribution in [3.8, 4) is 5.75 Å². The van der Waals surface area contributed by atoms with Gasteiger partial charge in [0.25, 0.3) is 11.5 Å². The van der Waals surface area contributed by atoms with Crippen LogP contribution in [0.2, 0.25) is 5.02 Å². The second-order valence-corrected chi connectivity index (χ2v) is 10.1. The number of hydrogen-bond donors (Lipinski definition) is 3. The number of anilines is 1. The van der Waals surface area contributed by atoms with Crippen molar-refractivity contribution in [1.82, 2.24) is 19.8 Å². The van der Waals surface area contributed by atoms with Crippen LogP contribution in [0.4, 0.5) is 10.2 Å². The van der Waals surface area contributed by atoms with Gasteiger partial charge in [0.15, 0.2) is 18.2 Å². The maximum atomic E-state index is 14.8. The summed E-state index contributed by atoms with van der Waals surface area (Å²) < 4.78 is 21.8. The number of fused-ring (bicyclic) bond motifs is 1. The maximum absolute atomic E-state index is 14.8. The van der Waals surface area contributed by atoms with Crippen LogP contribution in [-0.2, 0) is 17.9 Å². The number of benzene rings is 1. The van der Waals surface area contributed by atoms with E-state index in [1.54, 1.807) is 22.8 Å². The first kappa shape index (κ1) is 23.4. The van der Waals surface area contributed by atoms with Crippen LogP contribution in [0.3, 0.4) is 0 Å². The largest absolute Gasteiger partial charge is 0.480 e. The lowest BCUT2D eigenvalue weighted by molar-refractivity contribution is -0.118. The molecule has 1 saturated heterocycles. The molecule has 36 heavy (non-hydrogen) atoms. The standard InChI is InChI=1S/C25H25ClFN5O4/c26-16-5-20-25(30-21(34)12-36-20)29-18(16)7-28-6-14-8-31(11-19(14)33)9-15-10-32-22(35)4-2-13-1-3-17(27)23(15)24(13)32/h1-5,14-15,19,28,33H,6-12H2,(H,29,30,34). The Labute approximate surface area is 210 Å². The third-order valence-corrected chi connectivity index (χ3v) is 7.56. The Kier molecular flexibility index (Phi) is 5.91. The Bertz CT molecular complexity index is 1430. The Morgan fingerprint density at radius 1 is 1.22 bits per heavy atom. The van der Waals surface area contributed by atoms with E-state index in [0.717, 1.165) is 5.39 Å². The molecule has 2 aromatic heterocycles. The summed E-state index contributed by atoms with van der Waals surface area (Å²) in [5.41, 5.74) is 1.72. The second kappa shape index (κ2) is 9.11. The summed E-state index contributed by atoms with van der Waals surface area (Å²) >= 11 is 6.33. The lowest BCUT2D eigenvalue weighted by Crippen LogP contribution is -2.31. The van der Waals surface area contributed by atoms with Gasteiger partial charge in [-0.1, -0.05) is 11.6 Å². The zero-order chi connectivity index (χ0) is 25.0. The summed E-state index contributed by atoms with van der Waals surface area (Å²) in [5.74, 6) is 0.0393. The second-order valence-electron chi connectivity index (χ2n) is 9.66. The van der Waals surface area contributed by atoms with E-state index in [2.05, 4.69) is 20.5 Å². The Balaban J connectivity index is 1.09. The van der Waals surface area contributed by atoms with Crippen LogP contribution in [0, 0.1) is 11.7 Å². The molecule has 1 fully saturated rings. The van der Waals surface area contributed by atoms with E-state index >= 15 is 0 Å². The number of hydrogen-bond acceptors (Lipinski definition) is 7. The number of carbonyl (C=O) groups is 1. The first-order valence-electron chi connectivity index (χ1n) is 11.9. The number of nitrogens with one attached hydrogen (secondary N) is 2. The number of pyridine rings is 2. The highest BCUT2D eigenvalue weighted by molar-refractivity contribution is 6.31. The van der Waals surface area contributed by atoms with Crippen molar-refractivity contribution in [3.63, 3.8) is 0 Å². The van der Waals surface area contributed by atoms with E-state index in [0.29, 0.717) is 72.6 Å². The first-order valence-corrected chi connectivity index (χ1v) is 12.3. The molecule has 3 aliphatic heterocycles. The number of rotatable bonds is 6. The van der Waals surface area contributed by atoms with Gasteiger partial charge in [0.2, 0.25) is 0 Å². The van der Waals surface area contributed by atoms with Crippen molar-refractivity contribution in [2.24, 2.45) is 5.92 Å². The van der Waals surface area contributed by atoms with Crippen LogP contribution in [0.25, 0.3) is 10.9 Å². The fourth-order valence-corrected chi connectivity index (χ4v) is 5.76. The van der Waals surface area contributed by atoms with Gasteiger partial charge in [-0.25, -0.2) is 9.37 Å². The van der Waals surface area contributed by atoms with Gasteiger partial charge in [0.1, 0.15) is 5.82 Å². The number of β-amino-alcohol motifs (C(OH)–C–C–N with tert-alkyl or cyclic N) is 1. The zero-order valence-corrected chi connectivity index (χ0v) is 20.1. The van der Waals surface area contributed by atoms with Crippen LogP contribution in [0.5, 0.6) is 5.75 Å². The fraction of sp³-hybridized carbons (Fsp3) is 0.400. The van der Waals surface area contributed by atoms with Gasteiger partial charge < -0.3 is 25.0 Å². The molecule has 3 aromatic rings. The van der Waals surface area contributed by atoms with Crippen LogP contribution in [0.15, 0.2) is 35.1 Å². The van der Waals surface area contributed by atoms with Crippen molar-refractivity contribution >= 4 is 34.2 Å². The van der Waals surface area contributed by atoms with Crippen LogP contribution in [-0.4, -0.2) is 64.4 Å². The molecule has 11 heteroatoms. The molecule has 3 N–H and O–H groups in total. The molecule has 9 nitrogen and oxygen atoms in total. The average molecular weight is 514 g/mol. The summed E-state index contributed by atoms with van der Waals surface area (Å²) in [6.07, 6.45) is -0.538. The van der Waals surface area contributed by atoms with E-state index in [1.807, 2.05) is 0 Å². The van der Waals surface area contributed by atoms with Crippen LogP contribution >= 0.6 is 11.6 Å². The molecule has 0 bridgehead atoms. The first-order chi connectivity index (χ1) is 17.4. The van der Waals surface area contributed by atoms with Crippen molar-refractivity contribution in [2.45, 2.75) is 25.1 Å². The molecule has 3 atom stereocenters. The van der Waals surface area contributed by atoms with E-state index in [4.69, 9.17) is 16.3 Å². The third-order valence-electron chi connectivity index (χ3n) is 7.24. The Hall–Kier alpha value is -3.05. The van der Waals surface area contributed by atoms with Crippen molar-refractivity contribution in [1.29, 1.82) is 0 Å². The minimum absolute atomic E-state index is 0.0309. The van der Waals surface area contributed by atoms with Crippen molar-refractivity contribution in [2.75, 3.05) is 38.1 Å². The summed E-state index contributed by atoms with van der Waals surface area (Å²) in [4.78, 5) is 30.5. The molecule has 188 valence electrons. The van der Waals surface area contributed by atoms with E-state index in [9.17, 15) is 19.1 Å². The smallest absolute Gasteiger partial charge is 0.263 e. The van der Waals surface area contributed by atoms with Crippen molar-refractivity contribution in [3.05, 3.63) is 62.8 Å². The normalized spacial score (nSPS) is 23.1. The van der Waals surface area contributed by atoms with Gasteiger partial charge in [0, 0.05) is 68.8 Å². The number of amides is 1. The monoisotopic (exact) mass is 513 g/mol. The SMILES string of the molecule is O=C1COc2cc(Cl)c(CNCC3CN(CC4Cn5c(=O)ccc6ccc(F)c4c65)CC3O)nc2N1. The molecule has 5 heterocycles.